The number of ether oxygens (including phenoxy) is 5. The molecule has 0 amide bonds. The van der Waals surface area contributed by atoms with Crippen LogP contribution in [0.15, 0.2) is 0 Å². The van der Waals surface area contributed by atoms with Crippen molar-refractivity contribution in [1.82, 2.24) is 0 Å². The van der Waals surface area contributed by atoms with E-state index in [1.54, 1.807) is 0 Å². The molecule has 8 nitrogen and oxygen atoms in total. The monoisotopic (exact) mass is 907 g/mol. The molecule has 0 aliphatic carbocycles. The van der Waals surface area contributed by atoms with E-state index in [9.17, 15) is 0 Å². The van der Waals surface area contributed by atoms with Gasteiger partial charge in [0.25, 0.3) is 0 Å². The van der Waals surface area contributed by atoms with Crippen LogP contribution in [0.1, 0.15) is 168 Å². The summed E-state index contributed by atoms with van der Waals surface area (Å²) < 4.78 is 58.9. The van der Waals surface area contributed by atoms with Crippen molar-refractivity contribution in [3.63, 3.8) is 0 Å². The molecule has 0 radical (unpaired) electrons. The number of rotatable bonds is 20. The van der Waals surface area contributed by atoms with Gasteiger partial charge in [0.1, 0.15) is 6.10 Å². The maximum Gasteiger partial charge on any atom is 0.192 e. The third-order valence-corrected chi connectivity index (χ3v) is 31.7. The van der Waals surface area contributed by atoms with Gasteiger partial charge in [-0.2, -0.15) is 0 Å². The Kier molecular flexibility index (Phi) is 18.8. The van der Waals surface area contributed by atoms with Gasteiger partial charge < -0.3 is 37.0 Å². The Bertz CT molecular complexity index is 1390. The van der Waals surface area contributed by atoms with E-state index in [1.807, 2.05) is 6.92 Å². The molecule has 0 unspecified atom stereocenters. The molecule has 11 heteroatoms. The van der Waals surface area contributed by atoms with Crippen LogP contribution in [-0.2, 0) is 37.0 Å². The quantitative estimate of drug-likeness (QED) is 0.0679. The Morgan fingerprint density at radius 3 is 1.82 bits per heavy atom. The van der Waals surface area contributed by atoms with E-state index >= 15 is 0 Å². The standard InChI is InChI=1S/C50H94O8Si3/c1-15-25-26-28-39-38(11)35-45-50(14,55-39)37-43(57-60(19-5,20-6)21-7)47-42(54-45)36-46-48(12,56-47)32-30-40-41(53-46)31-33-49(13,58-61(22-8,23-9)24-10)44(52-40)29-27-34-51-59(16-2,17-3)18-4/h38-47H,16-24,26-37H2,1-14H3/t38-,39-,40-,41+,42+,43-,44+,45-,46-,47+,48+,49+,50+/m0/s1. The van der Waals surface area contributed by atoms with Crippen molar-refractivity contribution < 1.29 is 37.0 Å². The van der Waals surface area contributed by atoms with Crippen LogP contribution in [0.4, 0.5) is 0 Å². The Hall–Kier alpha value is -0.109. The molecule has 0 saturated carbocycles. The first-order valence-electron chi connectivity index (χ1n) is 25.8. The maximum absolute atomic E-state index is 7.56. The lowest BCUT2D eigenvalue weighted by molar-refractivity contribution is -0.272. The molecule has 5 heterocycles. The third kappa shape index (κ3) is 11.5. The van der Waals surface area contributed by atoms with E-state index in [1.165, 1.54) is 18.1 Å². The number of hydrogen-bond acceptors (Lipinski definition) is 8. The normalized spacial score (nSPS) is 38.4. The largest absolute Gasteiger partial charge is 0.417 e. The van der Waals surface area contributed by atoms with Crippen molar-refractivity contribution in [3.8, 4) is 11.8 Å². The molecule has 5 fully saturated rings. The summed E-state index contributed by atoms with van der Waals surface area (Å²) in [7, 11) is -5.61. The Morgan fingerprint density at radius 2 is 1.21 bits per heavy atom. The van der Waals surface area contributed by atoms with Gasteiger partial charge in [-0.25, -0.2) is 0 Å². The third-order valence-electron chi connectivity index (χ3n) is 17.6. The molecule has 5 aliphatic heterocycles. The Labute approximate surface area is 378 Å². The van der Waals surface area contributed by atoms with Crippen molar-refractivity contribution in [1.29, 1.82) is 0 Å². The lowest BCUT2D eigenvalue weighted by Crippen LogP contribution is -2.60. The summed E-state index contributed by atoms with van der Waals surface area (Å²) in [6.07, 6.45) is 9.51. The predicted octanol–water partition coefficient (Wildman–Crippen LogP) is 12.7. The summed E-state index contributed by atoms with van der Waals surface area (Å²) in [5.74, 6) is 6.77. The fourth-order valence-electron chi connectivity index (χ4n) is 12.3. The SMILES string of the molecule is CC#CCC[C@@H]1O[C@]2(C)C[C@H](O[Si](CC)(CC)CC)[C@@H]3O[C@]4(C)CC[C@@H]5O[C@H](CCCO[Si](CC)(CC)CC)[C@](C)(O[Si](CC)(CC)CC)CC[C@H]5O[C@H]4C[C@H]3O[C@H]2C[C@@H]1C. The van der Waals surface area contributed by atoms with Crippen LogP contribution in [0.3, 0.4) is 0 Å². The fraction of sp³-hybridized carbons (Fsp3) is 0.960. The van der Waals surface area contributed by atoms with Crippen LogP contribution >= 0.6 is 0 Å². The zero-order valence-corrected chi connectivity index (χ0v) is 44.9. The van der Waals surface area contributed by atoms with Gasteiger partial charge in [-0.05, 0) is 139 Å². The molecule has 5 rings (SSSR count). The second kappa shape index (κ2) is 22.1. The molecule has 0 bridgehead atoms. The molecular formula is C50H94O8Si3. The molecule has 13 atom stereocenters. The second-order valence-corrected chi connectivity index (χ2v) is 35.0. The summed E-state index contributed by atoms with van der Waals surface area (Å²) in [6, 6.07) is 10.2. The number of fused-ring (bicyclic) bond motifs is 4. The molecular weight excluding hydrogens is 813 g/mol. The van der Waals surface area contributed by atoms with E-state index in [0.29, 0.717) is 5.92 Å². The van der Waals surface area contributed by atoms with Gasteiger partial charge in [-0.3, -0.25) is 0 Å². The molecule has 0 aromatic carbocycles. The molecule has 61 heavy (non-hydrogen) atoms. The smallest absolute Gasteiger partial charge is 0.192 e. The maximum atomic E-state index is 7.56. The Balaban J connectivity index is 1.42. The summed E-state index contributed by atoms with van der Waals surface area (Å²) in [4.78, 5) is 0. The van der Waals surface area contributed by atoms with Crippen molar-refractivity contribution >= 4 is 25.0 Å². The predicted molar refractivity (Wildman–Crippen MR) is 258 cm³/mol. The highest BCUT2D eigenvalue weighted by Crippen LogP contribution is 2.51. The average Bonchev–Trinajstić information content (AvgIpc) is 3.54. The van der Waals surface area contributed by atoms with Crippen molar-refractivity contribution in [2.24, 2.45) is 5.92 Å². The summed E-state index contributed by atoms with van der Waals surface area (Å²) in [5.41, 5.74) is -1.30. The minimum absolute atomic E-state index is 0.00717. The van der Waals surface area contributed by atoms with E-state index in [-0.39, 0.29) is 60.5 Å². The molecule has 354 valence electrons. The van der Waals surface area contributed by atoms with Crippen LogP contribution in [0.2, 0.25) is 54.4 Å². The second-order valence-electron chi connectivity index (χ2n) is 20.8. The van der Waals surface area contributed by atoms with Gasteiger partial charge in [0.2, 0.25) is 0 Å². The summed E-state index contributed by atoms with van der Waals surface area (Å²) in [5, 5.41) is 0. The van der Waals surface area contributed by atoms with Crippen LogP contribution in [0.5, 0.6) is 0 Å². The zero-order valence-electron chi connectivity index (χ0n) is 41.9. The van der Waals surface area contributed by atoms with Crippen molar-refractivity contribution in [2.75, 3.05) is 6.61 Å². The molecule has 5 aliphatic rings. The van der Waals surface area contributed by atoms with Gasteiger partial charge in [-0.15, -0.1) is 11.8 Å². The van der Waals surface area contributed by atoms with Gasteiger partial charge >= 0.3 is 0 Å². The highest BCUT2D eigenvalue weighted by molar-refractivity contribution is 6.74. The van der Waals surface area contributed by atoms with Crippen LogP contribution in [-0.4, -0.2) is 103 Å². The Morgan fingerprint density at radius 1 is 0.639 bits per heavy atom. The minimum atomic E-state index is -2.01. The lowest BCUT2D eigenvalue weighted by atomic mass is 9.79. The molecule has 5 saturated heterocycles. The minimum Gasteiger partial charge on any atom is -0.417 e. The zero-order chi connectivity index (χ0) is 44.7. The molecule has 0 N–H and O–H groups in total. The van der Waals surface area contributed by atoms with Gasteiger partial charge in [0, 0.05) is 25.9 Å². The van der Waals surface area contributed by atoms with Crippen molar-refractivity contribution in [3.05, 3.63) is 0 Å². The first kappa shape index (κ1) is 51.9. The highest BCUT2D eigenvalue weighted by Gasteiger charge is 2.60. The van der Waals surface area contributed by atoms with E-state index < -0.39 is 36.2 Å². The first-order valence-corrected chi connectivity index (χ1v) is 33.4. The fourth-order valence-corrected chi connectivity index (χ4v) is 21.0. The van der Waals surface area contributed by atoms with Crippen LogP contribution < -0.4 is 0 Å². The summed E-state index contributed by atoms with van der Waals surface area (Å²) in [6.45, 7) is 33.1. The summed E-state index contributed by atoms with van der Waals surface area (Å²) >= 11 is 0. The van der Waals surface area contributed by atoms with E-state index in [4.69, 9.17) is 37.0 Å². The molecule has 0 aromatic heterocycles. The van der Waals surface area contributed by atoms with E-state index in [0.717, 1.165) is 114 Å². The van der Waals surface area contributed by atoms with Crippen LogP contribution in [0.25, 0.3) is 0 Å². The van der Waals surface area contributed by atoms with Crippen molar-refractivity contribution in [2.45, 2.75) is 294 Å². The molecule has 0 spiro atoms. The van der Waals surface area contributed by atoms with E-state index in [2.05, 4.69) is 102 Å². The van der Waals surface area contributed by atoms with Gasteiger partial charge in [0.05, 0.1) is 65.6 Å². The van der Waals surface area contributed by atoms with Gasteiger partial charge in [0.15, 0.2) is 25.0 Å². The average molecular weight is 908 g/mol. The molecule has 0 aromatic rings. The lowest BCUT2D eigenvalue weighted by Gasteiger charge is -2.50. The number of hydrogen-bond donors (Lipinski definition) is 0. The highest BCUT2D eigenvalue weighted by atomic mass is 28.4. The van der Waals surface area contributed by atoms with Crippen LogP contribution in [0, 0.1) is 17.8 Å². The topological polar surface area (TPSA) is 73.8 Å². The van der Waals surface area contributed by atoms with Gasteiger partial charge in [-0.1, -0.05) is 69.2 Å². The first-order chi connectivity index (χ1) is 29.1.